The van der Waals surface area contributed by atoms with Gasteiger partial charge in [-0.1, -0.05) is 6.07 Å². The molecule has 0 aromatic heterocycles. The van der Waals surface area contributed by atoms with Crippen molar-refractivity contribution < 1.29 is 9.84 Å². The highest BCUT2D eigenvalue weighted by atomic mass is 127. The third-order valence-corrected chi connectivity index (χ3v) is 2.88. The highest BCUT2D eigenvalue weighted by Gasteiger charge is 2.26. The van der Waals surface area contributed by atoms with E-state index >= 15 is 0 Å². The number of aliphatic hydroxyl groups is 1. The molecule has 1 aromatic rings. The zero-order valence-electron chi connectivity index (χ0n) is 7.61. The van der Waals surface area contributed by atoms with Gasteiger partial charge in [-0.3, -0.25) is 0 Å². The molecule has 1 aromatic carbocycles. The average molecular weight is 305 g/mol. The van der Waals surface area contributed by atoms with Crippen molar-refractivity contribution in [3.8, 4) is 5.75 Å². The highest BCUT2D eigenvalue weighted by Crippen LogP contribution is 2.18. The summed E-state index contributed by atoms with van der Waals surface area (Å²) in [5.74, 6) is 0.824. The van der Waals surface area contributed by atoms with E-state index in [1.165, 1.54) is 0 Å². The van der Waals surface area contributed by atoms with E-state index in [1.807, 2.05) is 24.3 Å². The molecule has 2 atom stereocenters. The Labute approximate surface area is 96.6 Å². The van der Waals surface area contributed by atoms with Crippen LogP contribution in [0.5, 0.6) is 5.75 Å². The zero-order valence-corrected chi connectivity index (χ0v) is 9.77. The normalized spacial score (nSPS) is 26.4. The molecule has 14 heavy (non-hydrogen) atoms. The second kappa shape index (κ2) is 4.46. The summed E-state index contributed by atoms with van der Waals surface area (Å²) in [5.41, 5.74) is 0. The Bertz CT molecular complexity index is 319. The van der Waals surface area contributed by atoms with Crippen LogP contribution in [0.1, 0.15) is 0 Å². The van der Waals surface area contributed by atoms with Gasteiger partial charge in [0.1, 0.15) is 18.0 Å². The van der Waals surface area contributed by atoms with Gasteiger partial charge in [0.15, 0.2) is 0 Å². The molecule has 1 aliphatic rings. The second-order valence-electron chi connectivity index (χ2n) is 3.34. The molecule has 0 saturated carbocycles. The first-order valence-electron chi connectivity index (χ1n) is 4.57. The average Bonchev–Trinajstić information content (AvgIpc) is 2.52. The van der Waals surface area contributed by atoms with Crippen LogP contribution in [-0.2, 0) is 0 Å². The number of nitrogens with one attached hydrogen (secondary N) is 1. The maximum atomic E-state index is 9.53. The third kappa shape index (κ3) is 2.37. The van der Waals surface area contributed by atoms with Crippen molar-refractivity contribution in [2.45, 2.75) is 12.2 Å². The van der Waals surface area contributed by atoms with E-state index in [0.29, 0.717) is 13.1 Å². The molecule has 1 heterocycles. The molecule has 2 unspecified atom stereocenters. The predicted molar refractivity (Wildman–Crippen MR) is 62.5 cm³/mol. The molecule has 3 nitrogen and oxygen atoms in total. The van der Waals surface area contributed by atoms with Crippen molar-refractivity contribution in [2.75, 3.05) is 13.1 Å². The molecule has 76 valence electrons. The van der Waals surface area contributed by atoms with Gasteiger partial charge >= 0.3 is 0 Å². The summed E-state index contributed by atoms with van der Waals surface area (Å²) in [6.07, 6.45) is -0.513. The van der Waals surface area contributed by atoms with Crippen molar-refractivity contribution in [3.05, 3.63) is 27.8 Å². The van der Waals surface area contributed by atoms with Gasteiger partial charge in [-0.15, -0.1) is 0 Å². The van der Waals surface area contributed by atoms with Gasteiger partial charge in [-0.25, -0.2) is 0 Å². The van der Waals surface area contributed by atoms with Crippen LogP contribution in [0, 0.1) is 3.57 Å². The van der Waals surface area contributed by atoms with Gasteiger partial charge in [0.25, 0.3) is 0 Å². The van der Waals surface area contributed by atoms with Crippen LogP contribution in [0.15, 0.2) is 24.3 Å². The quantitative estimate of drug-likeness (QED) is 0.801. The molecule has 2 N–H and O–H groups in total. The van der Waals surface area contributed by atoms with Crippen LogP contribution >= 0.6 is 22.6 Å². The number of halogens is 1. The molecular weight excluding hydrogens is 293 g/mol. The van der Waals surface area contributed by atoms with Gasteiger partial charge in [-0.05, 0) is 40.8 Å². The fourth-order valence-electron chi connectivity index (χ4n) is 1.48. The van der Waals surface area contributed by atoms with E-state index < -0.39 is 6.10 Å². The van der Waals surface area contributed by atoms with E-state index in [0.717, 1.165) is 9.32 Å². The van der Waals surface area contributed by atoms with Crippen LogP contribution in [-0.4, -0.2) is 30.4 Å². The standard InChI is InChI=1S/C10H12INO2/c11-7-2-1-3-8(4-7)14-10-6-12-5-9(10)13/h1-4,9-10,12-13H,5-6H2. The van der Waals surface area contributed by atoms with Gasteiger partial charge in [0.2, 0.25) is 0 Å². The summed E-state index contributed by atoms with van der Waals surface area (Å²) in [4.78, 5) is 0. The molecular formula is C10H12INO2. The molecule has 0 bridgehead atoms. The van der Waals surface area contributed by atoms with Gasteiger partial charge in [-0.2, -0.15) is 0 Å². The van der Waals surface area contributed by atoms with E-state index in [2.05, 4.69) is 27.9 Å². The number of β-amino-alcohol motifs (C(OH)–C–C–N with tert-alkyl or cyclic N) is 1. The summed E-state index contributed by atoms with van der Waals surface area (Å²) in [5, 5.41) is 12.6. The lowest BCUT2D eigenvalue weighted by Gasteiger charge is -2.16. The van der Waals surface area contributed by atoms with Crippen molar-refractivity contribution >= 4 is 22.6 Å². The summed E-state index contributed by atoms with van der Waals surface area (Å²) in [7, 11) is 0. The first kappa shape index (κ1) is 10.2. The number of aliphatic hydroxyl groups excluding tert-OH is 1. The Hall–Kier alpha value is -0.330. The molecule has 0 spiro atoms. The Kier molecular flexibility index (Phi) is 3.25. The van der Waals surface area contributed by atoms with Crippen LogP contribution in [0.4, 0.5) is 0 Å². The van der Waals surface area contributed by atoms with E-state index in [-0.39, 0.29) is 6.10 Å². The number of hydrogen-bond donors (Lipinski definition) is 2. The lowest BCUT2D eigenvalue weighted by Crippen LogP contribution is -2.29. The van der Waals surface area contributed by atoms with Crippen molar-refractivity contribution in [2.24, 2.45) is 0 Å². The minimum absolute atomic E-state index is 0.117. The Balaban J connectivity index is 2.03. The third-order valence-electron chi connectivity index (χ3n) is 2.21. The van der Waals surface area contributed by atoms with Gasteiger partial charge < -0.3 is 15.2 Å². The topological polar surface area (TPSA) is 41.5 Å². The zero-order chi connectivity index (χ0) is 9.97. The van der Waals surface area contributed by atoms with Gasteiger partial charge in [0.05, 0.1) is 0 Å². The van der Waals surface area contributed by atoms with Gasteiger partial charge in [0, 0.05) is 16.7 Å². The number of benzene rings is 1. The highest BCUT2D eigenvalue weighted by molar-refractivity contribution is 14.1. The SMILES string of the molecule is OC1CNCC1Oc1cccc(I)c1. The Morgan fingerprint density at radius 3 is 2.93 bits per heavy atom. The molecule has 1 saturated heterocycles. The van der Waals surface area contributed by atoms with Crippen molar-refractivity contribution in [3.63, 3.8) is 0 Å². The lowest BCUT2D eigenvalue weighted by molar-refractivity contribution is 0.0737. The van der Waals surface area contributed by atoms with E-state index in [4.69, 9.17) is 4.74 Å². The summed E-state index contributed by atoms with van der Waals surface area (Å²) in [6.45, 7) is 1.33. The van der Waals surface area contributed by atoms with Crippen LogP contribution in [0.25, 0.3) is 0 Å². The second-order valence-corrected chi connectivity index (χ2v) is 4.58. The number of ether oxygens (including phenoxy) is 1. The molecule has 1 fully saturated rings. The number of rotatable bonds is 2. The summed E-state index contributed by atoms with van der Waals surface area (Å²) < 4.78 is 6.79. The lowest BCUT2D eigenvalue weighted by atomic mass is 10.2. The van der Waals surface area contributed by atoms with E-state index in [9.17, 15) is 5.11 Å². The summed E-state index contributed by atoms with van der Waals surface area (Å²) in [6, 6.07) is 7.83. The molecule has 1 aliphatic heterocycles. The Morgan fingerprint density at radius 2 is 2.29 bits per heavy atom. The fraction of sp³-hybridized carbons (Fsp3) is 0.400. The maximum absolute atomic E-state index is 9.53. The van der Waals surface area contributed by atoms with Crippen LogP contribution < -0.4 is 10.1 Å². The van der Waals surface area contributed by atoms with Crippen molar-refractivity contribution in [1.82, 2.24) is 5.32 Å². The first-order valence-corrected chi connectivity index (χ1v) is 5.64. The summed E-state index contributed by atoms with van der Waals surface area (Å²) >= 11 is 2.24. The largest absolute Gasteiger partial charge is 0.486 e. The van der Waals surface area contributed by atoms with Crippen LogP contribution in [0.3, 0.4) is 0 Å². The molecule has 0 aliphatic carbocycles. The number of hydrogen-bond acceptors (Lipinski definition) is 3. The van der Waals surface area contributed by atoms with Crippen molar-refractivity contribution in [1.29, 1.82) is 0 Å². The molecule has 2 rings (SSSR count). The molecule has 4 heteroatoms. The first-order chi connectivity index (χ1) is 6.75. The minimum atomic E-state index is -0.395. The Morgan fingerprint density at radius 1 is 1.43 bits per heavy atom. The van der Waals surface area contributed by atoms with Crippen LogP contribution in [0.2, 0.25) is 0 Å². The van der Waals surface area contributed by atoms with E-state index in [1.54, 1.807) is 0 Å². The monoisotopic (exact) mass is 305 g/mol. The molecule has 0 radical (unpaired) electrons. The smallest absolute Gasteiger partial charge is 0.138 e. The fourth-order valence-corrected chi connectivity index (χ4v) is 1.99. The minimum Gasteiger partial charge on any atom is -0.486 e. The predicted octanol–water partition coefficient (Wildman–Crippen LogP) is 1.00. The molecule has 0 amide bonds. The maximum Gasteiger partial charge on any atom is 0.138 e.